The molecule has 2 aliphatic heterocycles. The Morgan fingerprint density at radius 3 is 2.92 bits per heavy atom. The van der Waals surface area contributed by atoms with Gasteiger partial charge >= 0.3 is 0 Å². The van der Waals surface area contributed by atoms with Crippen molar-refractivity contribution in [2.75, 3.05) is 44.3 Å². The van der Waals surface area contributed by atoms with Crippen LogP contribution in [0.2, 0.25) is 0 Å². The Kier molecular flexibility index (Phi) is 4.45. The largest absolute Gasteiger partial charge is 0.379 e. The molecule has 0 saturated carbocycles. The van der Waals surface area contributed by atoms with Crippen molar-refractivity contribution in [2.24, 2.45) is 5.41 Å². The Balaban J connectivity index is 1.46. The Labute approximate surface area is 143 Å². The summed E-state index contributed by atoms with van der Waals surface area (Å²) in [6, 6.07) is 10.3. The summed E-state index contributed by atoms with van der Waals surface area (Å²) in [6.07, 6.45) is 6.83. The molecule has 0 bridgehead atoms. The molecule has 4 heterocycles. The van der Waals surface area contributed by atoms with Crippen LogP contribution in [0.25, 0.3) is 0 Å². The first-order valence-corrected chi connectivity index (χ1v) is 8.68. The maximum Gasteiger partial charge on any atom is 0.128 e. The lowest BCUT2D eigenvalue weighted by atomic mass is 9.87. The van der Waals surface area contributed by atoms with E-state index in [0.717, 1.165) is 58.2 Å². The third-order valence-electron chi connectivity index (χ3n) is 5.06. The molecule has 1 unspecified atom stereocenters. The number of nitrogens with zero attached hydrogens (tertiary/aromatic N) is 4. The van der Waals surface area contributed by atoms with Gasteiger partial charge in [0.05, 0.1) is 13.2 Å². The summed E-state index contributed by atoms with van der Waals surface area (Å²) in [5.74, 6) is 1.08. The van der Waals surface area contributed by atoms with E-state index in [0.29, 0.717) is 0 Å². The second-order valence-electron chi connectivity index (χ2n) is 6.98. The normalized spacial score (nSPS) is 25.1. The number of anilines is 1. The molecule has 126 valence electrons. The van der Waals surface area contributed by atoms with Crippen LogP contribution in [-0.2, 0) is 11.3 Å². The Morgan fingerprint density at radius 1 is 1.08 bits per heavy atom. The molecule has 0 radical (unpaired) electrons. The highest BCUT2D eigenvalue weighted by molar-refractivity contribution is 5.40. The van der Waals surface area contributed by atoms with Crippen LogP contribution in [0.5, 0.6) is 0 Å². The molecule has 1 spiro atoms. The standard InChI is InChI=1S/C19H24N4O/c1-2-8-21-18(5-1)23-9-6-19(15-23)14-22(10-11-24-16-19)13-17-4-3-7-20-12-17/h1-5,7-8,12H,6,9-11,13-16H2. The van der Waals surface area contributed by atoms with Gasteiger partial charge in [0.25, 0.3) is 0 Å². The zero-order valence-electron chi connectivity index (χ0n) is 14.0. The molecule has 4 rings (SSSR count). The van der Waals surface area contributed by atoms with Gasteiger partial charge in [-0.2, -0.15) is 0 Å². The predicted octanol–water partition coefficient (Wildman–Crippen LogP) is 2.21. The third kappa shape index (κ3) is 3.42. The Bertz CT molecular complexity index is 651. The maximum absolute atomic E-state index is 5.98. The zero-order chi connectivity index (χ0) is 16.2. The molecule has 0 aliphatic carbocycles. The molecular formula is C19H24N4O. The van der Waals surface area contributed by atoms with Gasteiger partial charge in [-0.25, -0.2) is 4.98 Å². The van der Waals surface area contributed by atoms with Crippen LogP contribution < -0.4 is 4.90 Å². The lowest BCUT2D eigenvalue weighted by Crippen LogP contribution is -2.40. The van der Waals surface area contributed by atoms with E-state index in [1.54, 1.807) is 0 Å². The number of hydrogen-bond acceptors (Lipinski definition) is 5. The highest BCUT2D eigenvalue weighted by Gasteiger charge is 2.41. The van der Waals surface area contributed by atoms with E-state index in [9.17, 15) is 0 Å². The van der Waals surface area contributed by atoms with Crippen molar-refractivity contribution in [3.63, 3.8) is 0 Å². The second-order valence-corrected chi connectivity index (χ2v) is 6.98. The van der Waals surface area contributed by atoms with E-state index in [1.165, 1.54) is 5.56 Å². The molecule has 1 atom stereocenters. The summed E-state index contributed by atoms with van der Waals surface area (Å²) >= 11 is 0. The van der Waals surface area contributed by atoms with Crippen molar-refractivity contribution in [1.82, 2.24) is 14.9 Å². The predicted molar refractivity (Wildman–Crippen MR) is 93.8 cm³/mol. The molecule has 0 N–H and O–H groups in total. The fraction of sp³-hybridized carbons (Fsp3) is 0.474. The first kappa shape index (κ1) is 15.5. The van der Waals surface area contributed by atoms with Crippen LogP contribution in [0.1, 0.15) is 12.0 Å². The van der Waals surface area contributed by atoms with Gasteiger partial charge in [-0.3, -0.25) is 9.88 Å². The third-order valence-corrected chi connectivity index (χ3v) is 5.06. The Hall–Kier alpha value is -1.98. The van der Waals surface area contributed by atoms with Crippen LogP contribution in [0, 0.1) is 5.41 Å². The van der Waals surface area contributed by atoms with Crippen LogP contribution in [0.4, 0.5) is 5.82 Å². The SMILES string of the molecule is c1ccc(N2CCC3(COCCN(Cc4cccnc4)C3)C2)nc1. The first-order valence-electron chi connectivity index (χ1n) is 8.68. The first-order chi connectivity index (χ1) is 11.8. The highest BCUT2D eigenvalue weighted by Crippen LogP contribution is 2.35. The molecular weight excluding hydrogens is 300 g/mol. The van der Waals surface area contributed by atoms with Crippen molar-refractivity contribution >= 4 is 5.82 Å². The molecule has 0 amide bonds. The number of hydrogen-bond donors (Lipinski definition) is 0. The minimum atomic E-state index is 0.205. The van der Waals surface area contributed by atoms with Crippen molar-refractivity contribution in [3.8, 4) is 0 Å². The molecule has 24 heavy (non-hydrogen) atoms. The van der Waals surface area contributed by atoms with Crippen LogP contribution in [0.15, 0.2) is 48.9 Å². The van der Waals surface area contributed by atoms with E-state index in [4.69, 9.17) is 4.74 Å². The molecule has 5 nitrogen and oxygen atoms in total. The maximum atomic E-state index is 5.98. The fourth-order valence-electron chi connectivity index (χ4n) is 3.88. The molecule has 2 aliphatic rings. The minimum absolute atomic E-state index is 0.205. The summed E-state index contributed by atoms with van der Waals surface area (Å²) < 4.78 is 5.98. The quantitative estimate of drug-likeness (QED) is 0.866. The van der Waals surface area contributed by atoms with Gasteiger partial charge in [0.15, 0.2) is 0 Å². The monoisotopic (exact) mass is 324 g/mol. The number of rotatable bonds is 3. The van der Waals surface area contributed by atoms with Crippen LogP contribution in [0.3, 0.4) is 0 Å². The van der Waals surface area contributed by atoms with E-state index >= 15 is 0 Å². The van der Waals surface area contributed by atoms with Crippen LogP contribution >= 0.6 is 0 Å². The zero-order valence-corrected chi connectivity index (χ0v) is 14.0. The summed E-state index contributed by atoms with van der Waals surface area (Å²) in [6.45, 7) is 6.74. The van der Waals surface area contributed by atoms with Gasteiger partial charge in [0, 0.05) is 56.7 Å². The van der Waals surface area contributed by atoms with Gasteiger partial charge in [-0.1, -0.05) is 12.1 Å². The van der Waals surface area contributed by atoms with Gasteiger partial charge in [0.1, 0.15) is 5.82 Å². The lowest BCUT2D eigenvalue weighted by molar-refractivity contribution is 0.0798. The van der Waals surface area contributed by atoms with E-state index in [1.807, 2.05) is 30.7 Å². The van der Waals surface area contributed by atoms with Crippen molar-refractivity contribution in [1.29, 1.82) is 0 Å². The summed E-state index contributed by atoms with van der Waals surface area (Å²) in [5.41, 5.74) is 1.48. The van der Waals surface area contributed by atoms with Crippen LogP contribution in [-0.4, -0.2) is 54.3 Å². The van der Waals surface area contributed by atoms with E-state index < -0.39 is 0 Å². The number of ether oxygens (including phenoxy) is 1. The highest BCUT2D eigenvalue weighted by atomic mass is 16.5. The molecule has 2 aromatic heterocycles. The van der Waals surface area contributed by atoms with Crippen molar-refractivity contribution in [3.05, 3.63) is 54.5 Å². The molecule has 2 fully saturated rings. The second kappa shape index (κ2) is 6.87. The fourth-order valence-corrected chi connectivity index (χ4v) is 3.88. The number of pyridine rings is 2. The minimum Gasteiger partial charge on any atom is -0.379 e. The van der Waals surface area contributed by atoms with E-state index in [2.05, 4.69) is 38.0 Å². The lowest BCUT2D eigenvalue weighted by Gasteiger charge is -2.32. The Morgan fingerprint density at radius 2 is 2.08 bits per heavy atom. The van der Waals surface area contributed by atoms with Gasteiger partial charge < -0.3 is 9.64 Å². The summed E-state index contributed by atoms with van der Waals surface area (Å²) in [4.78, 5) is 13.7. The molecule has 2 aromatic rings. The number of aromatic nitrogens is 2. The summed E-state index contributed by atoms with van der Waals surface area (Å²) in [5, 5.41) is 0. The van der Waals surface area contributed by atoms with Gasteiger partial charge in [-0.05, 0) is 30.2 Å². The molecule has 0 aromatic carbocycles. The van der Waals surface area contributed by atoms with Crippen molar-refractivity contribution in [2.45, 2.75) is 13.0 Å². The molecule has 2 saturated heterocycles. The van der Waals surface area contributed by atoms with E-state index in [-0.39, 0.29) is 5.41 Å². The average molecular weight is 324 g/mol. The van der Waals surface area contributed by atoms with Gasteiger partial charge in [0.2, 0.25) is 0 Å². The summed E-state index contributed by atoms with van der Waals surface area (Å²) in [7, 11) is 0. The van der Waals surface area contributed by atoms with Gasteiger partial charge in [-0.15, -0.1) is 0 Å². The smallest absolute Gasteiger partial charge is 0.128 e. The molecule has 5 heteroatoms. The average Bonchev–Trinajstić information content (AvgIpc) is 2.94. The topological polar surface area (TPSA) is 41.5 Å². The van der Waals surface area contributed by atoms with Crippen molar-refractivity contribution < 1.29 is 4.74 Å².